The summed E-state index contributed by atoms with van der Waals surface area (Å²) in [5.74, 6) is 1.03. The van der Waals surface area contributed by atoms with E-state index in [1.54, 1.807) is 0 Å². The summed E-state index contributed by atoms with van der Waals surface area (Å²) in [7, 11) is 4.48. The van der Waals surface area contributed by atoms with Crippen molar-refractivity contribution >= 4 is 12.6 Å². The Kier molecular flexibility index (Phi) is 21.1. The van der Waals surface area contributed by atoms with E-state index in [0.717, 1.165) is 43.0 Å². The van der Waals surface area contributed by atoms with Crippen molar-refractivity contribution in [3.8, 4) is 0 Å². The van der Waals surface area contributed by atoms with Gasteiger partial charge >= 0.3 is 0 Å². The average Bonchev–Trinajstić information content (AvgIpc) is 2.82. The first-order chi connectivity index (χ1) is 16.6. The molecule has 5 nitrogen and oxygen atoms in total. The molecule has 0 saturated carbocycles. The quantitative estimate of drug-likeness (QED) is 0.105. The highest BCUT2D eigenvalue weighted by Crippen LogP contribution is 2.10. The largest absolute Gasteiger partial charge is 0.379 e. The summed E-state index contributed by atoms with van der Waals surface area (Å²) >= 11 is 4.25. The van der Waals surface area contributed by atoms with Gasteiger partial charge in [0.1, 0.15) is 13.1 Å². The molecule has 0 unspecified atom stereocenters. The first kappa shape index (κ1) is 31.4. The van der Waals surface area contributed by atoms with Crippen molar-refractivity contribution in [3.05, 3.63) is 35.9 Å². The first-order valence-electron chi connectivity index (χ1n) is 13.4. The van der Waals surface area contributed by atoms with Gasteiger partial charge in [0.05, 0.1) is 60.3 Å². The molecule has 0 N–H and O–H groups in total. The maximum absolute atomic E-state index is 5.74. The summed E-state index contributed by atoms with van der Waals surface area (Å²) < 4.78 is 23.4. The molecule has 0 atom stereocenters. The normalized spacial score (nSPS) is 11.9. The number of rotatable bonds is 25. The molecule has 0 heterocycles. The van der Waals surface area contributed by atoms with Crippen LogP contribution >= 0.6 is 12.6 Å². The Labute approximate surface area is 215 Å². The van der Waals surface area contributed by atoms with E-state index < -0.39 is 0 Å². The number of unbranched alkanes of at least 4 members (excludes halogenated alkanes) is 8. The molecule has 0 bridgehead atoms. The van der Waals surface area contributed by atoms with Gasteiger partial charge in [0.2, 0.25) is 0 Å². The molecule has 0 aliphatic heterocycles. The van der Waals surface area contributed by atoms with Crippen LogP contribution in [0.2, 0.25) is 0 Å². The Morgan fingerprint density at radius 1 is 0.559 bits per heavy atom. The summed E-state index contributed by atoms with van der Waals surface area (Å²) in [4.78, 5) is 0. The van der Waals surface area contributed by atoms with Crippen LogP contribution in [0.3, 0.4) is 0 Å². The molecule has 0 fully saturated rings. The van der Waals surface area contributed by atoms with Crippen LogP contribution in [-0.2, 0) is 25.5 Å². The predicted octanol–water partition coefficient (Wildman–Crippen LogP) is 5.77. The molecule has 0 aliphatic carbocycles. The molecule has 6 heteroatoms. The molecule has 0 spiro atoms. The highest BCUT2D eigenvalue weighted by atomic mass is 32.1. The summed E-state index contributed by atoms with van der Waals surface area (Å²) in [6, 6.07) is 10.6. The number of thiol groups is 1. The van der Waals surface area contributed by atoms with Gasteiger partial charge < -0.3 is 23.4 Å². The molecule has 0 radical (unpaired) electrons. The number of quaternary nitrogens is 1. The lowest BCUT2D eigenvalue weighted by molar-refractivity contribution is -0.904. The zero-order valence-corrected chi connectivity index (χ0v) is 23.0. The van der Waals surface area contributed by atoms with Crippen LogP contribution in [0.15, 0.2) is 30.3 Å². The molecule has 198 valence electrons. The fourth-order valence-electron chi connectivity index (χ4n) is 3.78. The van der Waals surface area contributed by atoms with Crippen LogP contribution in [0.25, 0.3) is 0 Å². The number of ether oxygens (including phenoxy) is 4. The smallest absolute Gasteiger partial charge is 0.104 e. The van der Waals surface area contributed by atoms with E-state index >= 15 is 0 Å². The maximum atomic E-state index is 5.74. The molecule has 1 aromatic carbocycles. The zero-order valence-electron chi connectivity index (χ0n) is 22.1. The number of hydrogen-bond donors (Lipinski definition) is 1. The van der Waals surface area contributed by atoms with E-state index in [9.17, 15) is 0 Å². The van der Waals surface area contributed by atoms with Crippen LogP contribution in [0.5, 0.6) is 0 Å². The lowest BCUT2D eigenvalue weighted by Gasteiger charge is -2.29. The van der Waals surface area contributed by atoms with Gasteiger partial charge in [-0.2, -0.15) is 12.6 Å². The third-order valence-corrected chi connectivity index (χ3v) is 6.17. The molecule has 0 aromatic heterocycles. The van der Waals surface area contributed by atoms with E-state index in [-0.39, 0.29) is 0 Å². The summed E-state index contributed by atoms with van der Waals surface area (Å²) in [6.07, 6.45) is 11.9. The van der Waals surface area contributed by atoms with Crippen molar-refractivity contribution in [2.24, 2.45) is 0 Å². The van der Waals surface area contributed by atoms with Crippen molar-refractivity contribution in [3.63, 3.8) is 0 Å². The zero-order chi connectivity index (χ0) is 24.6. The molecule has 0 aliphatic rings. The molecule has 1 aromatic rings. The van der Waals surface area contributed by atoms with Crippen LogP contribution < -0.4 is 0 Å². The second-order valence-corrected chi connectivity index (χ2v) is 10.1. The second-order valence-electron chi connectivity index (χ2n) is 9.66. The summed E-state index contributed by atoms with van der Waals surface area (Å²) in [5.41, 5.74) is 1.36. The van der Waals surface area contributed by atoms with Crippen molar-refractivity contribution in [1.29, 1.82) is 0 Å². The Balaban J connectivity index is 1.74. The van der Waals surface area contributed by atoms with Gasteiger partial charge in [0, 0.05) is 12.2 Å². The van der Waals surface area contributed by atoms with Gasteiger partial charge in [-0.25, -0.2) is 0 Å². The lowest BCUT2D eigenvalue weighted by atomic mass is 10.1. The highest BCUT2D eigenvalue weighted by molar-refractivity contribution is 7.80. The van der Waals surface area contributed by atoms with Crippen LogP contribution in [0, 0.1) is 0 Å². The van der Waals surface area contributed by atoms with Crippen molar-refractivity contribution in [1.82, 2.24) is 0 Å². The van der Waals surface area contributed by atoms with Gasteiger partial charge in [0.15, 0.2) is 0 Å². The number of benzene rings is 1. The molecule has 0 amide bonds. The van der Waals surface area contributed by atoms with Gasteiger partial charge in [0.25, 0.3) is 0 Å². The average molecular weight is 499 g/mol. The Morgan fingerprint density at radius 2 is 1.00 bits per heavy atom. The standard InChI is InChI=1S/C28H51NO4S/c1-29(2,27-28-15-11-10-12-16-28)17-19-31-21-23-33-25-24-32-22-20-30-18-13-8-6-4-3-5-7-9-14-26-34/h10-12,15-16H,3-9,13-14,17-27H2,1-2H3/p+1. The van der Waals surface area contributed by atoms with Crippen LogP contribution in [-0.4, -0.2) is 83.7 Å². The van der Waals surface area contributed by atoms with Gasteiger partial charge in [-0.1, -0.05) is 75.3 Å². The predicted molar refractivity (Wildman–Crippen MR) is 146 cm³/mol. The number of likely N-dealkylation sites (N-methyl/N-ethyl adjacent to an activating group) is 1. The summed E-state index contributed by atoms with van der Waals surface area (Å²) in [6.45, 7) is 7.35. The highest BCUT2D eigenvalue weighted by Gasteiger charge is 2.15. The number of nitrogens with zero attached hydrogens (tertiary/aromatic N) is 1. The monoisotopic (exact) mass is 498 g/mol. The lowest BCUT2D eigenvalue weighted by Crippen LogP contribution is -2.41. The van der Waals surface area contributed by atoms with Crippen molar-refractivity contribution in [2.45, 2.75) is 64.3 Å². The first-order valence-corrected chi connectivity index (χ1v) is 14.0. The van der Waals surface area contributed by atoms with Crippen molar-refractivity contribution < 1.29 is 23.4 Å². The fraction of sp³-hybridized carbons (Fsp3) is 0.786. The second kappa shape index (κ2) is 22.8. The minimum atomic E-state index is 0.605. The molecule has 34 heavy (non-hydrogen) atoms. The van der Waals surface area contributed by atoms with Crippen molar-refractivity contribution in [2.75, 3.05) is 79.2 Å². The fourth-order valence-corrected chi connectivity index (χ4v) is 4.01. The van der Waals surface area contributed by atoms with Gasteiger partial charge in [-0.15, -0.1) is 0 Å². The molecular weight excluding hydrogens is 446 g/mol. The van der Waals surface area contributed by atoms with E-state index in [4.69, 9.17) is 18.9 Å². The maximum Gasteiger partial charge on any atom is 0.104 e. The third kappa shape index (κ3) is 20.7. The molecule has 0 saturated heterocycles. The minimum absolute atomic E-state index is 0.605. The Morgan fingerprint density at radius 3 is 1.53 bits per heavy atom. The van der Waals surface area contributed by atoms with Crippen LogP contribution in [0.4, 0.5) is 0 Å². The Bertz CT molecular complexity index is 544. The van der Waals surface area contributed by atoms with Gasteiger partial charge in [-0.05, 0) is 18.6 Å². The van der Waals surface area contributed by atoms with E-state index in [2.05, 4.69) is 57.1 Å². The molecule has 1 rings (SSSR count). The van der Waals surface area contributed by atoms with E-state index in [1.165, 1.54) is 56.9 Å². The van der Waals surface area contributed by atoms with E-state index in [1.807, 2.05) is 0 Å². The SMILES string of the molecule is C[N+](C)(CCOCCOCCOCCOCCCCCCCCCCCS)Cc1ccccc1. The van der Waals surface area contributed by atoms with Crippen LogP contribution in [0.1, 0.15) is 63.4 Å². The summed E-state index contributed by atoms with van der Waals surface area (Å²) in [5, 5.41) is 0. The van der Waals surface area contributed by atoms with E-state index in [0.29, 0.717) is 39.6 Å². The molecular formula is C28H52NO4S+. The van der Waals surface area contributed by atoms with Gasteiger partial charge in [-0.3, -0.25) is 0 Å². The Hall–Kier alpha value is -0.630. The number of hydrogen-bond acceptors (Lipinski definition) is 5. The minimum Gasteiger partial charge on any atom is -0.379 e. The third-order valence-electron chi connectivity index (χ3n) is 5.86. The topological polar surface area (TPSA) is 36.9 Å².